The van der Waals surface area contributed by atoms with Crippen molar-refractivity contribution in [2.45, 2.75) is 85.0 Å². The molecule has 0 atom stereocenters. The van der Waals surface area contributed by atoms with Crippen LogP contribution >= 0.6 is 0 Å². The summed E-state index contributed by atoms with van der Waals surface area (Å²) in [5, 5.41) is 17.3. The number of carbonyl (C=O) groups is 3. The van der Waals surface area contributed by atoms with E-state index in [0.717, 1.165) is 30.6 Å². The van der Waals surface area contributed by atoms with Crippen LogP contribution in [0, 0.1) is 0 Å². The van der Waals surface area contributed by atoms with Crippen LogP contribution in [-0.2, 0) is 11.3 Å². The maximum absolute atomic E-state index is 13.4. The van der Waals surface area contributed by atoms with Crippen LogP contribution in [0.5, 0.6) is 17.2 Å². The first-order chi connectivity index (χ1) is 21.9. The number of unbranched alkanes of at least 4 members (excludes halogenated alkanes) is 2. The van der Waals surface area contributed by atoms with Crippen LogP contribution in [0.15, 0.2) is 77.2 Å². The molecule has 0 fully saturated rings. The number of aromatic nitrogens is 1. The summed E-state index contributed by atoms with van der Waals surface area (Å²) < 4.78 is 17.6. The summed E-state index contributed by atoms with van der Waals surface area (Å²) in [6, 6.07) is 15.6. The number of rotatable bonds is 17. The Morgan fingerprint density at radius 1 is 0.891 bits per heavy atom. The number of azo groups is 1. The van der Waals surface area contributed by atoms with Crippen LogP contribution in [0.25, 0.3) is 0 Å². The first-order valence-corrected chi connectivity index (χ1v) is 15.4. The number of hydrogen-bond acceptors (Lipinski definition) is 8. The average Bonchev–Trinajstić information content (AvgIpc) is 3.01. The number of ether oxygens (including phenoxy) is 3. The highest BCUT2D eigenvalue weighted by molar-refractivity contribution is 5.97. The predicted octanol–water partition coefficient (Wildman–Crippen LogP) is 7.00. The molecule has 1 aromatic heterocycles. The second-order valence-corrected chi connectivity index (χ2v) is 11.8. The van der Waals surface area contributed by atoms with Gasteiger partial charge in [-0.3, -0.25) is 14.6 Å². The minimum absolute atomic E-state index is 0.0499. The molecule has 0 radical (unpaired) electrons. The summed E-state index contributed by atoms with van der Waals surface area (Å²) in [4.78, 5) is 42.8. The van der Waals surface area contributed by atoms with Gasteiger partial charge in [0.25, 0.3) is 11.8 Å². The van der Waals surface area contributed by atoms with Crippen molar-refractivity contribution in [2.24, 2.45) is 10.2 Å². The maximum Gasteiger partial charge on any atom is 0.347 e. The molecule has 0 unspecified atom stereocenters. The molecule has 1 N–H and O–H groups in total. The highest BCUT2D eigenvalue weighted by Crippen LogP contribution is 2.31. The zero-order valence-electron chi connectivity index (χ0n) is 27.4. The summed E-state index contributed by atoms with van der Waals surface area (Å²) in [5.74, 6) is -0.407. The number of aliphatic carboxylic acids is 1. The van der Waals surface area contributed by atoms with Gasteiger partial charge in [0.15, 0.2) is 5.60 Å². The smallest absolute Gasteiger partial charge is 0.347 e. The lowest BCUT2D eigenvalue weighted by molar-refractivity contribution is -0.152. The van der Waals surface area contributed by atoms with Crippen molar-refractivity contribution in [1.82, 2.24) is 9.88 Å². The van der Waals surface area contributed by atoms with Gasteiger partial charge in [0.2, 0.25) is 0 Å². The maximum atomic E-state index is 13.4. The molecule has 11 heteroatoms. The number of pyridine rings is 1. The van der Waals surface area contributed by atoms with E-state index in [9.17, 15) is 19.5 Å². The van der Waals surface area contributed by atoms with Crippen molar-refractivity contribution in [3.8, 4) is 17.2 Å². The fourth-order valence-electron chi connectivity index (χ4n) is 4.56. The number of amides is 2. The van der Waals surface area contributed by atoms with Crippen LogP contribution in [0.2, 0.25) is 0 Å². The highest BCUT2D eigenvalue weighted by atomic mass is 16.5. The number of carbonyl (C=O) groups excluding carboxylic acids is 2. The van der Waals surface area contributed by atoms with Crippen LogP contribution in [0.4, 0.5) is 0 Å². The molecule has 0 aliphatic heterocycles. The van der Waals surface area contributed by atoms with E-state index in [-0.39, 0.29) is 35.8 Å². The van der Waals surface area contributed by atoms with Gasteiger partial charge < -0.3 is 24.2 Å². The number of benzene rings is 2. The van der Waals surface area contributed by atoms with E-state index in [1.807, 2.05) is 52.0 Å². The van der Waals surface area contributed by atoms with Gasteiger partial charge in [-0.15, -0.1) is 5.11 Å². The summed E-state index contributed by atoms with van der Waals surface area (Å²) in [5.41, 5.74) is 0.0433. The van der Waals surface area contributed by atoms with E-state index in [1.54, 1.807) is 41.4 Å². The summed E-state index contributed by atoms with van der Waals surface area (Å²) in [6.45, 7) is 11.9. The third-order valence-corrected chi connectivity index (χ3v) is 6.98. The SMILES string of the molecule is CC(C)N(C(=O)c1ccc(OCCCCCOc2ccc(CN=NC(=O)c3cccnc3)cc2)cc1OC(C)(C)C(=O)O)C(C)C. The van der Waals surface area contributed by atoms with E-state index < -0.39 is 17.5 Å². The second kappa shape index (κ2) is 17.0. The highest BCUT2D eigenvalue weighted by Gasteiger charge is 2.33. The Hall–Kier alpha value is -4.80. The first-order valence-electron chi connectivity index (χ1n) is 15.4. The molecule has 11 nitrogen and oxygen atoms in total. The third-order valence-electron chi connectivity index (χ3n) is 6.98. The number of carboxylic acid groups (broad SMARTS) is 1. The number of nitrogens with zero attached hydrogens (tertiary/aromatic N) is 4. The molecule has 46 heavy (non-hydrogen) atoms. The topological polar surface area (TPSA) is 140 Å². The van der Waals surface area contributed by atoms with Crippen LogP contribution in [-0.4, -0.2) is 63.7 Å². The molecule has 246 valence electrons. The molecule has 2 aromatic carbocycles. The molecule has 1 heterocycles. The molecule has 0 bridgehead atoms. The Balaban J connectivity index is 1.45. The lowest BCUT2D eigenvalue weighted by Crippen LogP contribution is -2.43. The van der Waals surface area contributed by atoms with E-state index in [2.05, 4.69) is 15.2 Å². The van der Waals surface area contributed by atoms with E-state index >= 15 is 0 Å². The Bertz CT molecular complexity index is 1460. The van der Waals surface area contributed by atoms with Gasteiger partial charge in [-0.2, -0.15) is 5.11 Å². The molecule has 0 aliphatic rings. The molecule has 3 rings (SSSR count). The van der Waals surface area contributed by atoms with Crippen LogP contribution < -0.4 is 14.2 Å². The summed E-state index contributed by atoms with van der Waals surface area (Å²) in [6.07, 6.45) is 5.51. The minimum Gasteiger partial charge on any atom is -0.494 e. The molecule has 0 spiro atoms. The molecule has 0 saturated carbocycles. The van der Waals surface area contributed by atoms with Crippen LogP contribution in [0.3, 0.4) is 0 Å². The van der Waals surface area contributed by atoms with Crippen molar-refractivity contribution in [3.05, 3.63) is 83.7 Å². The zero-order chi connectivity index (χ0) is 33.7. The van der Waals surface area contributed by atoms with Gasteiger partial charge in [-0.25, -0.2) is 4.79 Å². The van der Waals surface area contributed by atoms with Crippen molar-refractivity contribution >= 4 is 17.8 Å². The van der Waals surface area contributed by atoms with Crippen LogP contribution in [0.1, 0.15) is 87.1 Å². The monoisotopic (exact) mass is 632 g/mol. The fraction of sp³-hybridized carbons (Fsp3) is 0.429. The lowest BCUT2D eigenvalue weighted by atomic mass is 10.1. The second-order valence-electron chi connectivity index (χ2n) is 11.8. The van der Waals surface area contributed by atoms with Crippen molar-refractivity contribution in [3.63, 3.8) is 0 Å². The normalized spacial score (nSPS) is 11.6. The molecule has 2 amide bonds. The van der Waals surface area contributed by atoms with Gasteiger partial charge in [-0.05, 0) is 103 Å². The minimum atomic E-state index is -1.54. The Labute approximate surface area is 270 Å². The number of hydrogen-bond donors (Lipinski definition) is 1. The molecular weight excluding hydrogens is 588 g/mol. The van der Waals surface area contributed by atoms with Gasteiger partial charge in [0.1, 0.15) is 17.2 Å². The lowest BCUT2D eigenvalue weighted by Gasteiger charge is -2.32. The Morgan fingerprint density at radius 2 is 1.52 bits per heavy atom. The van der Waals surface area contributed by atoms with Gasteiger partial charge in [0, 0.05) is 30.5 Å². The molecular formula is C35H44N4O7. The zero-order valence-corrected chi connectivity index (χ0v) is 27.4. The quantitative estimate of drug-likeness (QED) is 0.124. The summed E-state index contributed by atoms with van der Waals surface area (Å²) in [7, 11) is 0. The standard InChI is InChI=1S/C35H44N4O7/c1-24(2)39(25(3)4)33(41)30-17-16-29(21-31(30)46-35(5,6)34(42)43)45-20-9-7-8-19-44-28-14-12-26(13-15-28)22-37-38-32(40)27-11-10-18-36-23-27/h10-18,21,23-25H,7-9,19-20,22H2,1-6H3,(H,42,43). The average molecular weight is 633 g/mol. The molecule has 0 saturated heterocycles. The fourth-order valence-corrected chi connectivity index (χ4v) is 4.56. The van der Waals surface area contributed by atoms with Crippen molar-refractivity contribution in [2.75, 3.05) is 13.2 Å². The van der Waals surface area contributed by atoms with E-state index in [4.69, 9.17) is 14.2 Å². The molecule has 3 aromatic rings. The van der Waals surface area contributed by atoms with E-state index in [1.165, 1.54) is 20.0 Å². The third kappa shape index (κ3) is 10.7. The molecule has 0 aliphatic carbocycles. The summed E-state index contributed by atoms with van der Waals surface area (Å²) >= 11 is 0. The van der Waals surface area contributed by atoms with Gasteiger partial charge in [0.05, 0.1) is 30.9 Å². The largest absolute Gasteiger partial charge is 0.494 e. The Kier molecular flexibility index (Phi) is 13.2. The Morgan fingerprint density at radius 3 is 2.11 bits per heavy atom. The number of carboxylic acids is 1. The van der Waals surface area contributed by atoms with Crippen molar-refractivity contribution in [1.29, 1.82) is 0 Å². The van der Waals surface area contributed by atoms with E-state index in [0.29, 0.717) is 24.5 Å². The predicted molar refractivity (Wildman–Crippen MR) is 174 cm³/mol. The van der Waals surface area contributed by atoms with Crippen molar-refractivity contribution < 1.29 is 33.7 Å². The first kappa shape index (κ1) is 35.7. The van der Waals surface area contributed by atoms with Gasteiger partial charge in [-0.1, -0.05) is 12.1 Å². The van der Waals surface area contributed by atoms with Gasteiger partial charge >= 0.3 is 5.97 Å².